The van der Waals surface area contributed by atoms with E-state index >= 15 is 0 Å². The predicted octanol–water partition coefficient (Wildman–Crippen LogP) is 6.67. The van der Waals surface area contributed by atoms with E-state index in [1.807, 2.05) is 47.3 Å². The molecule has 0 fully saturated rings. The second-order valence-electron chi connectivity index (χ2n) is 8.47. The molecule has 0 radical (unpaired) electrons. The highest BCUT2D eigenvalue weighted by atomic mass is 15.3. The van der Waals surface area contributed by atoms with Crippen molar-refractivity contribution in [3.63, 3.8) is 0 Å². The van der Waals surface area contributed by atoms with Gasteiger partial charge in [0.1, 0.15) is 11.6 Å². The van der Waals surface area contributed by atoms with Crippen LogP contribution in [0.2, 0.25) is 0 Å². The van der Waals surface area contributed by atoms with Gasteiger partial charge in [-0.15, -0.1) is 0 Å². The monoisotopic (exact) mass is 456 g/mol. The van der Waals surface area contributed by atoms with Crippen LogP contribution in [0.1, 0.15) is 57.8 Å². The topological polar surface area (TPSA) is 81.1 Å². The zero-order valence-electron chi connectivity index (χ0n) is 20.5. The Labute approximate surface area is 203 Å². The van der Waals surface area contributed by atoms with Gasteiger partial charge in [-0.1, -0.05) is 58.4 Å². The minimum Gasteiger partial charge on any atom is -0.384 e. The molecule has 0 unspecified atom stereocenters. The second-order valence-corrected chi connectivity index (χ2v) is 8.47. The smallest absolute Gasteiger partial charge is 0.125 e. The summed E-state index contributed by atoms with van der Waals surface area (Å²) in [5.74, 6) is 1.39. The molecule has 0 spiro atoms. The van der Waals surface area contributed by atoms with Crippen LogP contribution >= 0.6 is 0 Å². The maximum absolute atomic E-state index is 6.01. The van der Waals surface area contributed by atoms with E-state index in [1.165, 1.54) is 18.4 Å². The van der Waals surface area contributed by atoms with Crippen LogP contribution in [0.3, 0.4) is 0 Å². The number of allylic oxidation sites excluding steroid dienone is 2. The molecule has 2 aromatic heterocycles. The Morgan fingerprint density at radius 1 is 1.18 bits per heavy atom. The van der Waals surface area contributed by atoms with Crippen LogP contribution in [0.5, 0.6) is 0 Å². The zero-order chi connectivity index (χ0) is 24.3. The summed E-state index contributed by atoms with van der Waals surface area (Å²) in [5.41, 5.74) is 11.1. The summed E-state index contributed by atoms with van der Waals surface area (Å²) in [6.07, 6.45) is 11.1. The van der Waals surface area contributed by atoms with Gasteiger partial charge in [-0.25, -0.2) is 14.7 Å². The third kappa shape index (κ3) is 6.91. The number of rotatable bonds is 12. The maximum Gasteiger partial charge on any atom is 0.125 e. The Morgan fingerprint density at radius 2 is 1.97 bits per heavy atom. The first-order valence-electron chi connectivity index (χ1n) is 12.1. The van der Waals surface area contributed by atoms with Gasteiger partial charge < -0.3 is 11.1 Å². The first-order valence-corrected chi connectivity index (χ1v) is 12.1. The Morgan fingerprint density at radius 3 is 2.71 bits per heavy atom. The molecule has 0 amide bonds. The molecule has 0 saturated heterocycles. The highest BCUT2D eigenvalue weighted by Crippen LogP contribution is 2.27. The highest BCUT2D eigenvalue weighted by Gasteiger charge is 2.14. The molecule has 34 heavy (non-hydrogen) atoms. The van der Waals surface area contributed by atoms with Crippen molar-refractivity contribution in [2.75, 3.05) is 11.1 Å². The van der Waals surface area contributed by atoms with Crippen molar-refractivity contribution in [3.05, 3.63) is 84.6 Å². The van der Waals surface area contributed by atoms with Crippen molar-refractivity contribution in [1.29, 1.82) is 0 Å². The number of unbranched alkanes of at least 4 members (excludes halogenated alkanes) is 2. The normalized spacial score (nSPS) is 12.7. The summed E-state index contributed by atoms with van der Waals surface area (Å²) >= 11 is 0. The molecule has 6 nitrogen and oxygen atoms in total. The molecule has 1 aromatic carbocycles. The number of hydrogen-bond donors (Lipinski definition) is 2. The molecule has 3 rings (SSSR count). The average molecular weight is 457 g/mol. The van der Waals surface area contributed by atoms with Crippen LogP contribution in [-0.4, -0.2) is 21.0 Å². The van der Waals surface area contributed by atoms with Crippen LogP contribution in [0.25, 0.3) is 11.3 Å². The first-order chi connectivity index (χ1) is 16.5. The van der Waals surface area contributed by atoms with Gasteiger partial charge in [-0.05, 0) is 61.1 Å². The number of para-hydroxylation sites is 1. The second kappa shape index (κ2) is 12.5. The molecule has 0 aliphatic heterocycles. The van der Waals surface area contributed by atoms with Crippen molar-refractivity contribution in [2.45, 2.75) is 52.9 Å². The SMILES string of the molecule is C=C(/N=C\C=C(\c1ccnn1-c1ccccc1)[C@H](C)CC)Nc1cc(N)nc(CCCCC)c1. The van der Waals surface area contributed by atoms with Crippen molar-refractivity contribution in [1.82, 2.24) is 14.8 Å². The summed E-state index contributed by atoms with van der Waals surface area (Å²) in [6, 6.07) is 16.0. The number of nitrogens with one attached hydrogen (secondary N) is 1. The zero-order valence-corrected chi connectivity index (χ0v) is 20.5. The summed E-state index contributed by atoms with van der Waals surface area (Å²) < 4.78 is 1.97. The number of aromatic nitrogens is 3. The Balaban J connectivity index is 1.76. The lowest BCUT2D eigenvalue weighted by Gasteiger charge is -2.16. The Kier molecular flexibility index (Phi) is 9.21. The minimum absolute atomic E-state index is 0.345. The van der Waals surface area contributed by atoms with Gasteiger partial charge >= 0.3 is 0 Å². The third-order valence-electron chi connectivity index (χ3n) is 5.79. The lowest BCUT2D eigenvalue weighted by Crippen LogP contribution is -2.06. The summed E-state index contributed by atoms with van der Waals surface area (Å²) in [6.45, 7) is 10.7. The highest BCUT2D eigenvalue weighted by molar-refractivity contribution is 5.85. The van der Waals surface area contributed by atoms with E-state index in [1.54, 1.807) is 6.21 Å². The number of nitrogens with zero attached hydrogens (tertiary/aromatic N) is 4. The molecule has 0 aliphatic rings. The Hall–Kier alpha value is -3.67. The van der Waals surface area contributed by atoms with Crippen LogP contribution in [0, 0.1) is 5.92 Å². The van der Waals surface area contributed by atoms with Crippen LogP contribution in [0.15, 0.2) is 78.2 Å². The van der Waals surface area contributed by atoms with E-state index in [-0.39, 0.29) is 0 Å². The van der Waals surface area contributed by atoms with E-state index in [4.69, 9.17) is 5.73 Å². The molecule has 6 heteroatoms. The fourth-order valence-electron chi connectivity index (χ4n) is 3.79. The molecular formula is C28H36N6. The fraction of sp³-hybridized carbons (Fsp3) is 0.321. The number of benzene rings is 1. The van der Waals surface area contributed by atoms with Gasteiger partial charge in [-0.2, -0.15) is 5.10 Å². The number of nitrogen functional groups attached to an aromatic ring is 1. The summed E-state index contributed by atoms with van der Waals surface area (Å²) in [7, 11) is 0. The van der Waals surface area contributed by atoms with E-state index in [0.717, 1.165) is 42.0 Å². The number of hydrogen-bond acceptors (Lipinski definition) is 5. The summed E-state index contributed by atoms with van der Waals surface area (Å²) in [5, 5.41) is 7.79. The predicted molar refractivity (Wildman–Crippen MR) is 144 cm³/mol. The first kappa shape index (κ1) is 25.0. The number of aliphatic imine (C=N–C) groups is 1. The fourth-order valence-corrected chi connectivity index (χ4v) is 3.79. The van der Waals surface area contributed by atoms with Gasteiger partial charge in [0, 0.05) is 23.7 Å². The van der Waals surface area contributed by atoms with Crippen LogP contribution in [-0.2, 0) is 6.42 Å². The largest absolute Gasteiger partial charge is 0.384 e. The average Bonchev–Trinajstić information content (AvgIpc) is 3.31. The number of nitrogens with two attached hydrogens (primary N) is 1. The molecular weight excluding hydrogens is 420 g/mol. The third-order valence-corrected chi connectivity index (χ3v) is 5.79. The van der Waals surface area contributed by atoms with Crippen molar-refractivity contribution >= 4 is 23.3 Å². The molecule has 178 valence electrons. The van der Waals surface area contributed by atoms with Gasteiger partial charge in [0.15, 0.2) is 0 Å². The number of pyridine rings is 1. The summed E-state index contributed by atoms with van der Waals surface area (Å²) in [4.78, 5) is 8.97. The van der Waals surface area contributed by atoms with Gasteiger partial charge in [0.2, 0.25) is 0 Å². The van der Waals surface area contributed by atoms with Crippen molar-refractivity contribution in [2.24, 2.45) is 10.9 Å². The number of aryl methyl sites for hydroxylation is 1. The molecule has 0 saturated carbocycles. The van der Waals surface area contributed by atoms with E-state index in [2.05, 4.69) is 66.0 Å². The van der Waals surface area contributed by atoms with Crippen LogP contribution < -0.4 is 11.1 Å². The molecule has 3 N–H and O–H groups in total. The lowest BCUT2D eigenvalue weighted by atomic mass is 9.95. The van der Waals surface area contributed by atoms with Gasteiger partial charge in [0.25, 0.3) is 0 Å². The quantitative estimate of drug-likeness (QED) is 0.236. The standard InChI is InChI=1S/C28H36N6/c1-5-7-9-12-23-19-24(20-28(29)33-23)32-22(4)30-17-15-26(21(3)6-2)27-16-18-31-34(27)25-13-10-8-11-14-25/h8,10-11,13-21H,4-7,9,12H2,1-3H3,(H3,29,32,33)/b26-15+,30-17-/t21-/m1/s1. The molecule has 3 aromatic rings. The van der Waals surface area contributed by atoms with Crippen molar-refractivity contribution < 1.29 is 0 Å². The van der Waals surface area contributed by atoms with Crippen LogP contribution in [0.4, 0.5) is 11.5 Å². The maximum atomic E-state index is 6.01. The molecule has 2 heterocycles. The molecule has 0 aliphatic carbocycles. The lowest BCUT2D eigenvalue weighted by molar-refractivity contribution is 0.707. The van der Waals surface area contributed by atoms with E-state index < -0.39 is 0 Å². The number of anilines is 2. The molecule has 1 atom stereocenters. The molecule has 0 bridgehead atoms. The Bertz CT molecular complexity index is 1130. The van der Waals surface area contributed by atoms with E-state index in [0.29, 0.717) is 17.6 Å². The minimum atomic E-state index is 0.345. The van der Waals surface area contributed by atoms with Crippen molar-refractivity contribution in [3.8, 4) is 5.69 Å². The van der Waals surface area contributed by atoms with E-state index in [9.17, 15) is 0 Å². The van der Waals surface area contributed by atoms with Gasteiger partial charge in [0.05, 0.1) is 17.6 Å². The van der Waals surface area contributed by atoms with Gasteiger partial charge in [-0.3, -0.25) is 0 Å².